The van der Waals surface area contributed by atoms with Gasteiger partial charge in [0, 0.05) is 24.8 Å². The van der Waals surface area contributed by atoms with Gasteiger partial charge in [-0.15, -0.1) is 6.58 Å². The fraction of sp³-hybridized carbons (Fsp3) is 0.500. The molecule has 0 spiro atoms. The summed E-state index contributed by atoms with van der Waals surface area (Å²) in [5, 5.41) is 10.5. The first-order valence-electron chi connectivity index (χ1n) is 11.3. The Balaban J connectivity index is 1.53. The van der Waals surface area contributed by atoms with Gasteiger partial charge in [-0.2, -0.15) is 0 Å². The van der Waals surface area contributed by atoms with Gasteiger partial charge in [-0.25, -0.2) is 9.97 Å². The first-order chi connectivity index (χ1) is 15.7. The Hall–Kier alpha value is -2.19. The van der Waals surface area contributed by atoms with Crippen LogP contribution in [0.15, 0.2) is 43.1 Å². The fourth-order valence-corrected chi connectivity index (χ4v) is 3.69. The molecular formula is C24H34ClN5O2. The largest absolute Gasteiger partial charge is 0.376 e. The molecule has 1 aliphatic heterocycles. The molecule has 3 heterocycles. The lowest BCUT2D eigenvalue weighted by atomic mass is 10.0. The second-order valence-corrected chi connectivity index (χ2v) is 8.41. The smallest absolute Gasteiger partial charge is 0.128 e. The van der Waals surface area contributed by atoms with Crippen LogP contribution < -0.4 is 16.0 Å². The van der Waals surface area contributed by atoms with Crippen molar-refractivity contribution in [2.75, 3.05) is 50.2 Å². The van der Waals surface area contributed by atoms with Gasteiger partial charge < -0.3 is 25.4 Å². The number of nitrogens with one attached hydrogen (secondary N) is 3. The van der Waals surface area contributed by atoms with Crippen molar-refractivity contribution in [3.63, 3.8) is 0 Å². The van der Waals surface area contributed by atoms with E-state index in [1.54, 1.807) is 6.20 Å². The Morgan fingerprint density at radius 3 is 3.06 bits per heavy atom. The zero-order valence-electron chi connectivity index (χ0n) is 18.8. The minimum Gasteiger partial charge on any atom is -0.376 e. The van der Waals surface area contributed by atoms with Crippen LogP contribution in [0.25, 0.3) is 11.3 Å². The predicted octanol–water partition coefficient (Wildman–Crippen LogP) is 4.58. The number of nitrogens with zero attached hydrogens (tertiary/aromatic N) is 2. The minimum absolute atomic E-state index is 0.0742. The van der Waals surface area contributed by atoms with Crippen molar-refractivity contribution in [1.29, 1.82) is 0 Å². The van der Waals surface area contributed by atoms with Crippen LogP contribution in [0, 0.1) is 5.92 Å². The lowest BCUT2D eigenvalue weighted by Crippen LogP contribution is -2.32. The maximum absolute atomic E-state index is 6.43. The summed E-state index contributed by atoms with van der Waals surface area (Å²) < 4.78 is 11.5. The number of rotatable bonds is 13. The molecule has 7 nitrogen and oxygen atoms in total. The summed E-state index contributed by atoms with van der Waals surface area (Å²) in [4.78, 5) is 9.07. The third kappa shape index (κ3) is 8.06. The molecule has 32 heavy (non-hydrogen) atoms. The second kappa shape index (κ2) is 13.4. The highest BCUT2D eigenvalue weighted by molar-refractivity contribution is 6.33. The molecule has 0 amide bonds. The van der Waals surface area contributed by atoms with Gasteiger partial charge >= 0.3 is 0 Å². The van der Waals surface area contributed by atoms with Gasteiger partial charge in [0.05, 0.1) is 30.0 Å². The Kier molecular flexibility index (Phi) is 10.2. The lowest BCUT2D eigenvalue weighted by molar-refractivity contribution is 0.0783. The summed E-state index contributed by atoms with van der Waals surface area (Å²) in [7, 11) is 0. The van der Waals surface area contributed by atoms with Crippen molar-refractivity contribution in [2.24, 2.45) is 5.92 Å². The Labute approximate surface area is 196 Å². The third-order valence-electron chi connectivity index (χ3n) is 5.28. The van der Waals surface area contributed by atoms with E-state index in [0.29, 0.717) is 36.6 Å². The SMILES string of the molecule is C=CCCOC(C)CNc1cccc(-c2cc(NCOCC3CCCNC3)ncc2Cl)n1. The Morgan fingerprint density at radius 1 is 1.34 bits per heavy atom. The number of pyridine rings is 2. The molecule has 1 aliphatic rings. The molecule has 0 aliphatic carbocycles. The molecule has 0 bridgehead atoms. The van der Waals surface area contributed by atoms with Gasteiger partial charge in [-0.05, 0) is 56.8 Å². The zero-order chi connectivity index (χ0) is 22.6. The summed E-state index contributed by atoms with van der Waals surface area (Å²) in [6.45, 7) is 10.4. The van der Waals surface area contributed by atoms with Gasteiger partial charge in [0.25, 0.3) is 0 Å². The average Bonchev–Trinajstić information content (AvgIpc) is 2.82. The molecule has 2 aromatic rings. The second-order valence-electron chi connectivity index (χ2n) is 8.00. The van der Waals surface area contributed by atoms with E-state index in [4.69, 9.17) is 26.1 Å². The van der Waals surface area contributed by atoms with E-state index in [1.807, 2.05) is 37.3 Å². The molecule has 8 heteroatoms. The Bertz CT molecular complexity index is 845. The first-order valence-corrected chi connectivity index (χ1v) is 11.6. The van der Waals surface area contributed by atoms with E-state index in [-0.39, 0.29) is 6.10 Å². The molecule has 2 atom stereocenters. The van der Waals surface area contributed by atoms with Crippen LogP contribution in [0.3, 0.4) is 0 Å². The molecule has 3 N–H and O–H groups in total. The van der Waals surface area contributed by atoms with Gasteiger partial charge in [-0.1, -0.05) is 23.7 Å². The molecule has 0 radical (unpaired) electrons. The molecule has 3 rings (SSSR count). The molecule has 1 fully saturated rings. The number of piperidine rings is 1. The number of anilines is 2. The van der Waals surface area contributed by atoms with Gasteiger partial charge in [-0.3, -0.25) is 0 Å². The molecule has 0 saturated carbocycles. The predicted molar refractivity (Wildman–Crippen MR) is 131 cm³/mol. The maximum Gasteiger partial charge on any atom is 0.128 e. The summed E-state index contributed by atoms with van der Waals surface area (Å²) in [6.07, 6.45) is 6.84. The van der Waals surface area contributed by atoms with Crippen LogP contribution in [0.5, 0.6) is 0 Å². The standard InChI is InChI=1S/C24H34ClN5O2/c1-3-4-11-32-18(2)13-27-23-9-5-8-22(30-23)20-12-24(28-15-21(20)25)29-17-31-16-19-7-6-10-26-14-19/h3,5,8-9,12,15,18-19,26H,1,4,6-7,10-11,13-14,16-17H2,2H3,(H,27,30)(H,28,29). The number of hydrogen-bond donors (Lipinski definition) is 3. The monoisotopic (exact) mass is 459 g/mol. The molecular weight excluding hydrogens is 426 g/mol. The lowest BCUT2D eigenvalue weighted by Gasteiger charge is -2.22. The van der Waals surface area contributed by atoms with Crippen molar-refractivity contribution >= 4 is 23.2 Å². The summed E-state index contributed by atoms with van der Waals surface area (Å²) >= 11 is 6.43. The van der Waals surface area contributed by atoms with Crippen molar-refractivity contribution in [2.45, 2.75) is 32.3 Å². The van der Waals surface area contributed by atoms with Gasteiger partial charge in [0.2, 0.25) is 0 Å². The highest BCUT2D eigenvalue weighted by Crippen LogP contribution is 2.28. The average molecular weight is 460 g/mol. The first kappa shape index (κ1) is 24.5. The van der Waals surface area contributed by atoms with Crippen LogP contribution in [-0.2, 0) is 9.47 Å². The zero-order valence-corrected chi connectivity index (χ0v) is 19.5. The maximum atomic E-state index is 6.43. The highest BCUT2D eigenvalue weighted by atomic mass is 35.5. The van der Waals surface area contributed by atoms with Gasteiger partial charge in [0.15, 0.2) is 0 Å². The normalized spacial score (nSPS) is 17.0. The number of halogens is 1. The summed E-state index contributed by atoms with van der Waals surface area (Å²) in [6, 6.07) is 7.73. The van der Waals surface area contributed by atoms with Gasteiger partial charge in [0.1, 0.15) is 18.4 Å². The van der Waals surface area contributed by atoms with Crippen molar-refractivity contribution in [3.8, 4) is 11.3 Å². The van der Waals surface area contributed by atoms with E-state index in [0.717, 1.165) is 43.2 Å². The van der Waals surface area contributed by atoms with E-state index >= 15 is 0 Å². The summed E-state index contributed by atoms with van der Waals surface area (Å²) in [5.41, 5.74) is 1.60. The van der Waals surface area contributed by atoms with Crippen molar-refractivity contribution in [1.82, 2.24) is 15.3 Å². The van der Waals surface area contributed by atoms with Crippen LogP contribution in [-0.4, -0.2) is 55.7 Å². The number of aromatic nitrogens is 2. The molecule has 1 saturated heterocycles. The quantitative estimate of drug-likeness (QED) is 0.230. The highest BCUT2D eigenvalue weighted by Gasteiger charge is 2.13. The third-order valence-corrected chi connectivity index (χ3v) is 5.58. The van der Waals surface area contributed by atoms with Crippen LogP contribution >= 0.6 is 11.6 Å². The molecule has 0 aromatic carbocycles. The summed E-state index contributed by atoms with van der Waals surface area (Å²) in [5.74, 6) is 2.05. The number of ether oxygens (including phenoxy) is 2. The fourth-order valence-electron chi connectivity index (χ4n) is 3.49. The molecule has 2 aromatic heterocycles. The van der Waals surface area contributed by atoms with E-state index in [2.05, 4.69) is 27.5 Å². The van der Waals surface area contributed by atoms with Crippen LogP contribution in [0.1, 0.15) is 26.2 Å². The van der Waals surface area contributed by atoms with Crippen molar-refractivity contribution < 1.29 is 9.47 Å². The minimum atomic E-state index is 0.0742. The molecule has 174 valence electrons. The topological polar surface area (TPSA) is 80.3 Å². The van der Waals surface area contributed by atoms with E-state index < -0.39 is 0 Å². The van der Waals surface area contributed by atoms with E-state index in [1.165, 1.54) is 12.8 Å². The molecule has 2 unspecified atom stereocenters. The van der Waals surface area contributed by atoms with E-state index in [9.17, 15) is 0 Å². The number of hydrogen-bond acceptors (Lipinski definition) is 7. The van der Waals surface area contributed by atoms with Crippen LogP contribution in [0.2, 0.25) is 5.02 Å². The van der Waals surface area contributed by atoms with Crippen LogP contribution in [0.4, 0.5) is 11.6 Å². The van der Waals surface area contributed by atoms with Crippen molar-refractivity contribution in [3.05, 3.63) is 48.1 Å². The Morgan fingerprint density at radius 2 is 2.25 bits per heavy atom.